The second-order valence-corrected chi connectivity index (χ2v) is 5.04. The van der Waals surface area contributed by atoms with Crippen molar-refractivity contribution in [1.82, 2.24) is 4.98 Å². The van der Waals surface area contributed by atoms with Crippen LogP contribution in [0.4, 0.5) is 0 Å². The maximum atomic E-state index is 4.44. The van der Waals surface area contributed by atoms with E-state index in [9.17, 15) is 0 Å². The van der Waals surface area contributed by atoms with Gasteiger partial charge in [-0.3, -0.25) is 0 Å². The van der Waals surface area contributed by atoms with Crippen LogP contribution in [0.2, 0.25) is 0 Å². The molecule has 1 aromatic heterocycles. The Kier molecular flexibility index (Phi) is 2.99. The molecule has 0 atom stereocenters. The van der Waals surface area contributed by atoms with Crippen molar-refractivity contribution in [1.29, 1.82) is 0 Å². The molecule has 1 nitrogen and oxygen atoms in total. The topological polar surface area (TPSA) is 12.9 Å². The minimum Gasteiger partial charge on any atom is -0.246 e. The first kappa shape index (κ1) is 9.87. The Bertz CT molecular complexity index is 419. The van der Waals surface area contributed by atoms with E-state index < -0.39 is 0 Å². The SMILES string of the molecule is Cc1csc(Cc2ccc(Br)cc2)n1. The lowest BCUT2D eigenvalue weighted by molar-refractivity contribution is 1.10. The number of thiazole rings is 1. The largest absolute Gasteiger partial charge is 0.246 e. The van der Waals surface area contributed by atoms with Crippen molar-refractivity contribution >= 4 is 27.3 Å². The Morgan fingerprint density at radius 1 is 1.29 bits per heavy atom. The zero-order valence-electron chi connectivity index (χ0n) is 7.83. The standard InChI is InChI=1S/C11H10BrNS/c1-8-7-14-11(13-8)6-9-2-4-10(12)5-3-9/h2-5,7H,6H2,1H3. The first-order valence-electron chi connectivity index (χ1n) is 4.39. The molecule has 72 valence electrons. The summed E-state index contributed by atoms with van der Waals surface area (Å²) in [5.74, 6) is 0. The van der Waals surface area contributed by atoms with Crippen molar-refractivity contribution in [2.24, 2.45) is 0 Å². The highest BCUT2D eigenvalue weighted by Gasteiger charge is 2.00. The number of aryl methyl sites for hydroxylation is 1. The molecule has 0 saturated heterocycles. The van der Waals surface area contributed by atoms with E-state index in [-0.39, 0.29) is 0 Å². The van der Waals surface area contributed by atoms with Crippen LogP contribution >= 0.6 is 27.3 Å². The molecule has 0 fully saturated rings. The molecular weight excluding hydrogens is 258 g/mol. The molecule has 1 aromatic carbocycles. The molecule has 2 aromatic rings. The molecule has 0 aliphatic carbocycles. The second-order valence-electron chi connectivity index (χ2n) is 3.19. The van der Waals surface area contributed by atoms with Gasteiger partial charge in [0.1, 0.15) is 0 Å². The van der Waals surface area contributed by atoms with E-state index in [2.05, 4.69) is 50.6 Å². The second kappa shape index (κ2) is 4.24. The molecule has 0 N–H and O–H groups in total. The fourth-order valence-electron chi connectivity index (χ4n) is 1.26. The van der Waals surface area contributed by atoms with E-state index >= 15 is 0 Å². The number of hydrogen-bond donors (Lipinski definition) is 0. The summed E-state index contributed by atoms with van der Waals surface area (Å²) < 4.78 is 1.12. The number of hydrogen-bond acceptors (Lipinski definition) is 2. The molecule has 14 heavy (non-hydrogen) atoms. The highest BCUT2D eigenvalue weighted by Crippen LogP contribution is 2.16. The number of halogens is 1. The van der Waals surface area contributed by atoms with Crippen molar-refractivity contribution in [3.63, 3.8) is 0 Å². The molecule has 1 heterocycles. The quantitative estimate of drug-likeness (QED) is 0.807. The lowest BCUT2D eigenvalue weighted by Gasteiger charge is -1.97. The van der Waals surface area contributed by atoms with Gasteiger partial charge in [0.15, 0.2) is 0 Å². The summed E-state index contributed by atoms with van der Waals surface area (Å²) >= 11 is 5.15. The summed E-state index contributed by atoms with van der Waals surface area (Å²) in [7, 11) is 0. The van der Waals surface area contributed by atoms with E-state index in [1.165, 1.54) is 10.6 Å². The van der Waals surface area contributed by atoms with Crippen LogP contribution in [0, 0.1) is 6.92 Å². The number of nitrogens with zero attached hydrogens (tertiary/aromatic N) is 1. The van der Waals surface area contributed by atoms with E-state index in [0.717, 1.165) is 16.6 Å². The summed E-state index contributed by atoms with van der Waals surface area (Å²) in [6.07, 6.45) is 0.936. The van der Waals surface area contributed by atoms with Gasteiger partial charge in [0.2, 0.25) is 0 Å². The van der Waals surface area contributed by atoms with Crippen LogP contribution in [0.5, 0.6) is 0 Å². The molecule has 3 heteroatoms. The summed E-state index contributed by atoms with van der Waals surface area (Å²) in [5.41, 5.74) is 2.42. The third kappa shape index (κ3) is 2.42. The summed E-state index contributed by atoms with van der Waals surface area (Å²) in [4.78, 5) is 4.44. The van der Waals surface area contributed by atoms with Gasteiger partial charge in [-0.1, -0.05) is 28.1 Å². The Labute approximate surface area is 95.9 Å². The lowest BCUT2D eigenvalue weighted by Crippen LogP contribution is -1.86. The van der Waals surface area contributed by atoms with Crippen molar-refractivity contribution in [2.45, 2.75) is 13.3 Å². The third-order valence-electron chi connectivity index (χ3n) is 1.94. The number of benzene rings is 1. The van der Waals surface area contributed by atoms with Gasteiger partial charge in [-0.15, -0.1) is 11.3 Å². The van der Waals surface area contributed by atoms with Crippen LogP contribution in [0.3, 0.4) is 0 Å². The highest BCUT2D eigenvalue weighted by atomic mass is 79.9. The average molecular weight is 268 g/mol. The first-order valence-corrected chi connectivity index (χ1v) is 6.07. The number of rotatable bonds is 2. The predicted molar refractivity (Wildman–Crippen MR) is 63.8 cm³/mol. The Hall–Kier alpha value is -0.670. The molecule has 0 spiro atoms. The monoisotopic (exact) mass is 267 g/mol. The molecule has 0 amide bonds. The van der Waals surface area contributed by atoms with Crippen molar-refractivity contribution < 1.29 is 0 Å². The van der Waals surface area contributed by atoms with Crippen LogP contribution < -0.4 is 0 Å². The average Bonchev–Trinajstić information content (AvgIpc) is 2.56. The van der Waals surface area contributed by atoms with Gasteiger partial charge in [-0.05, 0) is 24.6 Å². The van der Waals surface area contributed by atoms with E-state index in [4.69, 9.17) is 0 Å². The van der Waals surface area contributed by atoms with Crippen molar-refractivity contribution in [2.75, 3.05) is 0 Å². The smallest absolute Gasteiger partial charge is 0.0972 e. The zero-order valence-corrected chi connectivity index (χ0v) is 10.2. The molecular formula is C11H10BrNS. The minimum atomic E-state index is 0.936. The van der Waals surface area contributed by atoms with Gasteiger partial charge in [-0.2, -0.15) is 0 Å². The Morgan fingerprint density at radius 3 is 2.57 bits per heavy atom. The van der Waals surface area contributed by atoms with E-state index in [1.54, 1.807) is 11.3 Å². The van der Waals surface area contributed by atoms with Gasteiger partial charge in [0.25, 0.3) is 0 Å². The molecule has 2 rings (SSSR count). The molecule has 0 bridgehead atoms. The lowest BCUT2D eigenvalue weighted by atomic mass is 10.2. The molecule has 0 radical (unpaired) electrons. The number of aromatic nitrogens is 1. The first-order chi connectivity index (χ1) is 6.74. The van der Waals surface area contributed by atoms with Gasteiger partial charge in [0.05, 0.1) is 5.01 Å². The normalized spacial score (nSPS) is 10.4. The fourth-order valence-corrected chi connectivity index (χ4v) is 2.33. The van der Waals surface area contributed by atoms with Crippen molar-refractivity contribution in [3.05, 3.63) is 50.4 Å². The van der Waals surface area contributed by atoms with Gasteiger partial charge in [0, 0.05) is 22.0 Å². The van der Waals surface area contributed by atoms with Crippen molar-refractivity contribution in [3.8, 4) is 0 Å². The summed E-state index contributed by atoms with van der Waals surface area (Å²) in [6, 6.07) is 8.38. The predicted octanol–water partition coefficient (Wildman–Crippen LogP) is 3.80. The summed E-state index contributed by atoms with van der Waals surface area (Å²) in [5, 5.41) is 3.28. The highest BCUT2D eigenvalue weighted by molar-refractivity contribution is 9.10. The van der Waals surface area contributed by atoms with Crippen LogP contribution in [-0.4, -0.2) is 4.98 Å². The van der Waals surface area contributed by atoms with E-state index in [0.29, 0.717) is 0 Å². The van der Waals surface area contributed by atoms with Gasteiger partial charge < -0.3 is 0 Å². The van der Waals surface area contributed by atoms with Crippen LogP contribution in [0.25, 0.3) is 0 Å². The van der Waals surface area contributed by atoms with E-state index in [1.807, 2.05) is 6.92 Å². The van der Waals surface area contributed by atoms with Crippen LogP contribution in [0.1, 0.15) is 16.3 Å². The van der Waals surface area contributed by atoms with Crippen LogP contribution in [-0.2, 0) is 6.42 Å². The third-order valence-corrected chi connectivity index (χ3v) is 3.43. The van der Waals surface area contributed by atoms with Gasteiger partial charge in [-0.25, -0.2) is 4.98 Å². The molecule has 0 saturated carbocycles. The molecule has 0 aliphatic heterocycles. The maximum absolute atomic E-state index is 4.44. The summed E-state index contributed by atoms with van der Waals surface area (Å²) in [6.45, 7) is 2.03. The fraction of sp³-hybridized carbons (Fsp3) is 0.182. The maximum Gasteiger partial charge on any atom is 0.0972 e. The van der Waals surface area contributed by atoms with Gasteiger partial charge >= 0.3 is 0 Å². The zero-order chi connectivity index (χ0) is 9.97. The molecule has 0 aliphatic rings. The van der Waals surface area contributed by atoms with Crippen LogP contribution in [0.15, 0.2) is 34.1 Å². The minimum absolute atomic E-state index is 0.936. The molecule has 0 unspecified atom stereocenters. The Balaban J connectivity index is 2.15. The Morgan fingerprint density at radius 2 is 2.00 bits per heavy atom.